The molecule has 1 aromatic carbocycles. The van der Waals surface area contributed by atoms with E-state index in [4.69, 9.17) is 11.6 Å². The third-order valence-corrected chi connectivity index (χ3v) is 4.80. The van der Waals surface area contributed by atoms with Crippen molar-refractivity contribution in [2.24, 2.45) is 5.41 Å². The third-order valence-electron chi connectivity index (χ3n) is 4.50. The van der Waals surface area contributed by atoms with Crippen molar-refractivity contribution < 1.29 is 4.39 Å². The van der Waals surface area contributed by atoms with E-state index >= 15 is 0 Å². The van der Waals surface area contributed by atoms with E-state index in [1.807, 2.05) is 12.1 Å². The lowest BCUT2D eigenvalue weighted by Crippen LogP contribution is -2.45. The van der Waals surface area contributed by atoms with Crippen LogP contribution in [0.4, 0.5) is 4.39 Å². The van der Waals surface area contributed by atoms with Crippen LogP contribution >= 0.6 is 11.6 Å². The first-order valence-corrected chi connectivity index (χ1v) is 8.37. The molecule has 0 aromatic heterocycles. The molecule has 0 saturated heterocycles. The maximum absolute atomic E-state index is 14.2. The summed E-state index contributed by atoms with van der Waals surface area (Å²) in [5, 5.41) is 3.87. The van der Waals surface area contributed by atoms with E-state index < -0.39 is 0 Å². The highest BCUT2D eigenvalue weighted by atomic mass is 35.5. The van der Waals surface area contributed by atoms with Crippen molar-refractivity contribution in [1.82, 2.24) is 5.32 Å². The first-order chi connectivity index (χ1) is 9.81. The quantitative estimate of drug-likeness (QED) is 0.789. The Morgan fingerprint density at radius 2 is 1.86 bits per heavy atom. The molecule has 1 nitrogen and oxygen atoms in total. The maximum atomic E-state index is 14.2. The maximum Gasteiger partial charge on any atom is 0.144 e. The van der Waals surface area contributed by atoms with Crippen molar-refractivity contribution in [2.45, 2.75) is 64.8 Å². The van der Waals surface area contributed by atoms with Crippen LogP contribution in [0.5, 0.6) is 0 Å². The van der Waals surface area contributed by atoms with Gasteiger partial charge in [0.25, 0.3) is 0 Å². The van der Waals surface area contributed by atoms with E-state index in [9.17, 15) is 4.39 Å². The molecule has 1 saturated carbocycles. The number of hydrogen-bond acceptors (Lipinski definition) is 1. The molecule has 0 aliphatic heterocycles. The highest BCUT2D eigenvalue weighted by Crippen LogP contribution is 2.40. The van der Waals surface area contributed by atoms with E-state index in [2.05, 4.69) is 26.1 Å². The van der Waals surface area contributed by atoms with E-state index in [-0.39, 0.29) is 21.8 Å². The summed E-state index contributed by atoms with van der Waals surface area (Å²) in [6.07, 6.45) is 6.91. The molecule has 0 atom stereocenters. The summed E-state index contributed by atoms with van der Waals surface area (Å²) in [6, 6.07) is 5.37. The summed E-state index contributed by atoms with van der Waals surface area (Å²) in [5.74, 6) is -0.236. The second-order valence-electron chi connectivity index (χ2n) is 7.55. The topological polar surface area (TPSA) is 12.0 Å². The molecule has 1 N–H and O–H groups in total. The van der Waals surface area contributed by atoms with Crippen LogP contribution in [0.2, 0.25) is 5.02 Å². The van der Waals surface area contributed by atoms with Crippen LogP contribution in [-0.2, 0) is 6.42 Å². The lowest BCUT2D eigenvalue weighted by atomic mass is 9.70. The number of hydrogen-bond donors (Lipinski definition) is 1. The minimum atomic E-state index is -0.236. The van der Waals surface area contributed by atoms with Crippen LogP contribution in [-0.4, -0.2) is 12.1 Å². The number of benzene rings is 1. The predicted octanol–water partition coefficient (Wildman–Crippen LogP) is 5.36. The van der Waals surface area contributed by atoms with Crippen molar-refractivity contribution in [3.05, 3.63) is 34.6 Å². The lowest BCUT2D eigenvalue weighted by molar-refractivity contribution is 0.164. The minimum absolute atomic E-state index is 0.0946. The van der Waals surface area contributed by atoms with Crippen molar-refractivity contribution in [2.75, 3.05) is 6.54 Å². The molecule has 0 heterocycles. The lowest BCUT2D eigenvalue weighted by Gasteiger charge is -2.40. The van der Waals surface area contributed by atoms with Gasteiger partial charge in [-0.15, -0.1) is 0 Å². The zero-order valence-electron chi connectivity index (χ0n) is 13.4. The van der Waals surface area contributed by atoms with Gasteiger partial charge in [-0.3, -0.25) is 0 Å². The minimum Gasteiger partial charge on any atom is -0.312 e. The molecule has 2 rings (SSSR count). The Morgan fingerprint density at radius 3 is 2.48 bits per heavy atom. The molecule has 0 spiro atoms. The number of rotatable bonds is 4. The van der Waals surface area contributed by atoms with Crippen molar-refractivity contribution in [3.8, 4) is 0 Å². The van der Waals surface area contributed by atoms with Crippen LogP contribution < -0.4 is 5.32 Å². The van der Waals surface area contributed by atoms with Crippen LogP contribution in [0.15, 0.2) is 18.2 Å². The largest absolute Gasteiger partial charge is 0.312 e. The molecule has 0 bridgehead atoms. The van der Waals surface area contributed by atoms with Crippen LogP contribution in [0.25, 0.3) is 0 Å². The Bertz CT molecular complexity index is 473. The molecule has 0 radical (unpaired) electrons. The molecule has 3 heteroatoms. The van der Waals surface area contributed by atoms with Gasteiger partial charge < -0.3 is 5.32 Å². The summed E-state index contributed by atoms with van der Waals surface area (Å²) in [7, 11) is 0. The van der Waals surface area contributed by atoms with Gasteiger partial charge in [0.15, 0.2) is 0 Å². The van der Waals surface area contributed by atoms with Gasteiger partial charge in [0.2, 0.25) is 0 Å². The highest BCUT2D eigenvalue weighted by Gasteiger charge is 2.34. The van der Waals surface area contributed by atoms with E-state index in [1.54, 1.807) is 6.07 Å². The standard InChI is InChI=1S/C18H27ClFN/c1-17(2,3)21-13-18(10-5-4-6-11-18)12-14-8-7-9-15(19)16(14)20/h7-9,21H,4-6,10-13H2,1-3H3. The molecule has 1 aliphatic rings. The average Bonchev–Trinajstić information content (AvgIpc) is 2.42. The fourth-order valence-electron chi connectivity index (χ4n) is 3.26. The van der Waals surface area contributed by atoms with Crippen LogP contribution in [0.1, 0.15) is 58.4 Å². The Morgan fingerprint density at radius 1 is 1.19 bits per heavy atom. The first kappa shape index (κ1) is 16.8. The summed E-state index contributed by atoms with van der Waals surface area (Å²) in [4.78, 5) is 0. The molecule has 118 valence electrons. The van der Waals surface area contributed by atoms with Crippen LogP contribution in [0.3, 0.4) is 0 Å². The Balaban J connectivity index is 2.17. The zero-order valence-corrected chi connectivity index (χ0v) is 14.2. The smallest absolute Gasteiger partial charge is 0.144 e. The monoisotopic (exact) mass is 311 g/mol. The fraction of sp³-hybridized carbons (Fsp3) is 0.667. The van der Waals surface area contributed by atoms with Crippen LogP contribution in [0, 0.1) is 11.2 Å². The Hall–Kier alpha value is -0.600. The second-order valence-corrected chi connectivity index (χ2v) is 7.96. The van der Waals surface area contributed by atoms with Gasteiger partial charge >= 0.3 is 0 Å². The van der Waals surface area contributed by atoms with Gasteiger partial charge in [0.1, 0.15) is 5.82 Å². The summed E-state index contributed by atoms with van der Waals surface area (Å²) >= 11 is 5.94. The molecular formula is C18H27ClFN. The Labute approximate surface area is 133 Å². The second kappa shape index (κ2) is 6.66. The van der Waals surface area contributed by atoms with Gasteiger partial charge in [0, 0.05) is 12.1 Å². The summed E-state index contributed by atoms with van der Waals surface area (Å²) in [6.45, 7) is 7.50. The summed E-state index contributed by atoms with van der Waals surface area (Å²) < 4.78 is 14.2. The molecule has 0 unspecified atom stereocenters. The van der Waals surface area contributed by atoms with Gasteiger partial charge in [-0.25, -0.2) is 4.39 Å². The molecule has 0 amide bonds. The Kier molecular flexibility index (Phi) is 5.32. The molecule has 1 aliphatic carbocycles. The van der Waals surface area contributed by atoms with Gasteiger partial charge in [-0.1, -0.05) is 43.0 Å². The number of halogens is 2. The van der Waals surface area contributed by atoms with E-state index in [0.717, 1.165) is 18.5 Å². The van der Waals surface area contributed by atoms with Crippen molar-refractivity contribution in [1.29, 1.82) is 0 Å². The van der Waals surface area contributed by atoms with E-state index in [0.29, 0.717) is 0 Å². The average molecular weight is 312 g/mol. The molecular weight excluding hydrogens is 285 g/mol. The molecule has 21 heavy (non-hydrogen) atoms. The predicted molar refractivity (Wildman–Crippen MR) is 88.4 cm³/mol. The fourth-order valence-corrected chi connectivity index (χ4v) is 3.45. The van der Waals surface area contributed by atoms with Gasteiger partial charge in [0.05, 0.1) is 5.02 Å². The first-order valence-electron chi connectivity index (χ1n) is 7.99. The summed E-state index contributed by atoms with van der Waals surface area (Å²) in [5.41, 5.74) is 1.02. The zero-order chi connectivity index (χ0) is 15.5. The van der Waals surface area contributed by atoms with Crippen molar-refractivity contribution >= 4 is 11.6 Å². The third kappa shape index (κ3) is 4.69. The normalized spacial score (nSPS) is 18.7. The van der Waals surface area contributed by atoms with E-state index in [1.165, 1.54) is 32.1 Å². The SMILES string of the molecule is CC(C)(C)NCC1(Cc2cccc(Cl)c2F)CCCCC1. The van der Waals surface area contributed by atoms with Gasteiger partial charge in [-0.2, -0.15) is 0 Å². The number of nitrogens with one attached hydrogen (secondary N) is 1. The van der Waals surface area contributed by atoms with Crippen molar-refractivity contribution in [3.63, 3.8) is 0 Å². The molecule has 1 aromatic rings. The highest BCUT2D eigenvalue weighted by molar-refractivity contribution is 6.30. The molecule has 1 fully saturated rings. The van der Waals surface area contributed by atoms with Gasteiger partial charge in [-0.05, 0) is 57.1 Å².